The highest BCUT2D eigenvalue weighted by Gasteiger charge is 2.41. The number of piperidine rings is 1. The molecule has 1 aromatic carbocycles. The predicted molar refractivity (Wildman–Crippen MR) is 69.6 cm³/mol. The maximum Gasteiger partial charge on any atom is 0.246 e. The van der Waals surface area contributed by atoms with Crippen LogP contribution in [0.2, 0.25) is 0 Å². The Morgan fingerprint density at radius 1 is 1.25 bits per heavy atom. The number of hydrogen-bond donors (Lipinski definition) is 1. The standard InChI is InChI=1S/C13H16F2N2O2S/c14-10-3-4-11(15)13(6-10)20(18,19)17-7-9-2-1-5-16-12(9)8-17/h3-4,6,9,12,16H,1-2,5,7-8H2. The van der Waals surface area contributed by atoms with Crippen LogP contribution in [0.5, 0.6) is 0 Å². The number of fused-ring (bicyclic) bond motifs is 1. The van der Waals surface area contributed by atoms with Gasteiger partial charge in [0, 0.05) is 19.1 Å². The first-order valence-electron chi connectivity index (χ1n) is 6.67. The summed E-state index contributed by atoms with van der Waals surface area (Å²) in [5.74, 6) is -1.40. The summed E-state index contributed by atoms with van der Waals surface area (Å²) >= 11 is 0. The third-order valence-electron chi connectivity index (χ3n) is 4.08. The molecule has 1 N–H and O–H groups in total. The van der Waals surface area contributed by atoms with Crippen LogP contribution >= 0.6 is 0 Å². The molecule has 0 bridgehead atoms. The molecule has 7 heteroatoms. The van der Waals surface area contributed by atoms with Gasteiger partial charge in [0.1, 0.15) is 16.5 Å². The van der Waals surface area contributed by atoms with Gasteiger partial charge in [-0.3, -0.25) is 0 Å². The van der Waals surface area contributed by atoms with E-state index in [2.05, 4.69) is 5.32 Å². The molecule has 2 fully saturated rings. The van der Waals surface area contributed by atoms with Gasteiger partial charge in [-0.05, 0) is 43.5 Å². The van der Waals surface area contributed by atoms with Crippen molar-refractivity contribution in [2.45, 2.75) is 23.8 Å². The fraction of sp³-hybridized carbons (Fsp3) is 0.538. The molecule has 0 aromatic heterocycles. The number of hydrogen-bond acceptors (Lipinski definition) is 3. The van der Waals surface area contributed by atoms with Gasteiger partial charge in [0.25, 0.3) is 0 Å². The van der Waals surface area contributed by atoms with Crippen LogP contribution in [0.4, 0.5) is 8.78 Å². The molecule has 3 rings (SSSR count). The number of sulfonamides is 1. The Balaban J connectivity index is 1.91. The topological polar surface area (TPSA) is 49.4 Å². The smallest absolute Gasteiger partial charge is 0.246 e. The minimum absolute atomic E-state index is 0.121. The molecule has 0 spiro atoms. The molecule has 2 aliphatic rings. The fourth-order valence-electron chi connectivity index (χ4n) is 3.02. The number of nitrogens with one attached hydrogen (secondary N) is 1. The molecule has 0 amide bonds. The Morgan fingerprint density at radius 2 is 2.05 bits per heavy atom. The van der Waals surface area contributed by atoms with Crippen molar-refractivity contribution in [1.29, 1.82) is 0 Å². The number of halogens is 2. The van der Waals surface area contributed by atoms with Crippen molar-refractivity contribution in [3.05, 3.63) is 29.8 Å². The summed E-state index contributed by atoms with van der Waals surface area (Å²) in [5, 5.41) is 3.29. The van der Waals surface area contributed by atoms with Crippen molar-refractivity contribution in [1.82, 2.24) is 9.62 Å². The van der Waals surface area contributed by atoms with E-state index in [1.165, 1.54) is 4.31 Å². The highest BCUT2D eigenvalue weighted by atomic mass is 32.2. The molecule has 4 nitrogen and oxygen atoms in total. The molecule has 0 radical (unpaired) electrons. The van der Waals surface area contributed by atoms with Crippen molar-refractivity contribution in [2.24, 2.45) is 5.92 Å². The van der Waals surface area contributed by atoms with Crippen LogP contribution in [0.1, 0.15) is 12.8 Å². The quantitative estimate of drug-likeness (QED) is 0.897. The summed E-state index contributed by atoms with van der Waals surface area (Å²) < 4.78 is 53.0. The van der Waals surface area contributed by atoms with Crippen LogP contribution in [0.3, 0.4) is 0 Å². The van der Waals surface area contributed by atoms with Crippen molar-refractivity contribution in [3.8, 4) is 0 Å². The third kappa shape index (κ3) is 2.34. The Labute approximate surface area is 116 Å². The second-order valence-electron chi connectivity index (χ2n) is 5.36. The predicted octanol–water partition coefficient (Wildman–Crippen LogP) is 1.34. The summed E-state index contributed by atoms with van der Waals surface area (Å²) in [6, 6.07) is 2.64. The van der Waals surface area contributed by atoms with Gasteiger partial charge in [-0.2, -0.15) is 4.31 Å². The average molecular weight is 302 g/mol. The summed E-state index contributed by atoms with van der Waals surface area (Å²) in [4.78, 5) is -0.573. The zero-order valence-electron chi connectivity index (χ0n) is 10.9. The first-order valence-corrected chi connectivity index (χ1v) is 8.11. The molecule has 0 saturated carbocycles. The van der Waals surface area contributed by atoms with E-state index in [1.54, 1.807) is 0 Å². The molecule has 20 heavy (non-hydrogen) atoms. The zero-order chi connectivity index (χ0) is 14.3. The second-order valence-corrected chi connectivity index (χ2v) is 7.27. The molecule has 0 aliphatic carbocycles. The van der Waals surface area contributed by atoms with Gasteiger partial charge in [-0.15, -0.1) is 0 Å². The van der Waals surface area contributed by atoms with Crippen LogP contribution < -0.4 is 5.32 Å². The van der Waals surface area contributed by atoms with Crippen LogP contribution in [-0.4, -0.2) is 38.4 Å². The molecular formula is C13H16F2N2O2S. The Hall–Kier alpha value is -1.05. The first kappa shape index (κ1) is 13.9. The van der Waals surface area contributed by atoms with Crippen molar-refractivity contribution in [3.63, 3.8) is 0 Å². The van der Waals surface area contributed by atoms with Gasteiger partial charge in [0.05, 0.1) is 0 Å². The number of nitrogens with zero attached hydrogens (tertiary/aromatic N) is 1. The summed E-state index contributed by atoms with van der Waals surface area (Å²) in [5.41, 5.74) is 0. The normalized spacial score (nSPS) is 27.5. The first-order chi connectivity index (χ1) is 9.48. The molecule has 2 saturated heterocycles. The lowest BCUT2D eigenvalue weighted by atomic mass is 9.94. The Morgan fingerprint density at radius 3 is 2.80 bits per heavy atom. The number of benzene rings is 1. The monoisotopic (exact) mass is 302 g/mol. The SMILES string of the molecule is O=S(=O)(c1cc(F)ccc1F)N1CC2CCCNC2C1. The summed E-state index contributed by atoms with van der Waals surface area (Å²) in [7, 11) is -3.97. The van der Waals surface area contributed by atoms with Gasteiger partial charge in [-0.25, -0.2) is 17.2 Å². The Bertz CT molecular complexity index is 607. The highest BCUT2D eigenvalue weighted by Crippen LogP contribution is 2.30. The third-order valence-corrected chi connectivity index (χ3v) is 5.92. The van der Waals surface area contributed by atoms with E-state index in [4.69, 9.17) is 0 Å². The van der Waals surface area contributed by atoms with Crippen LogP contribution in [-0.2, 0) is 10.0 Å². The van der Waals surface area contributed by atoms with Gasteiger partial charge in [0.15, 0.2) is 0 Å². The van der Waals surface area contributed by atoms with Crippen LogP contribution in [0.25, 0.3) is 0 Å². The molecule has 1 aromatic rings. The molecule has 2 atom stereocenters. The van der Waals surface area contributed by atoms with E-state index in [-0.39, 0.29) is 12.0 Å². The van der Waals surface area contributed by atoms with E-state index in [9.17, 15) is 17.2 Å². The van der Waals surface area contributed by atoms with Gasteiger partial charge in [-0.1, -0.05) is 0 Å². The molecular weight excluding hydrogens is 286 g/mol. The summed E-state index contributed by atoms with van der Waals surface area (Å²) in [6.45, 7) is 1.57. The molecule has 2 heterocycles. The van der Waals surface area contributed by atoms with Crippen molar-refractivity contribution < 1.29 is 17.2 Å². The van der Waals surface area contributed by atoms with Gasteiger partial charge < -0.3 is 5.32 Å². The lowest BCUT2D eigenvalue weighted by Crippen LogP contribution is -2.41. The number of rotatable bonds is 2. The van der Waals surface area contributed by atoms with Crippen molar-refractivity contribution in [2.75, 3.05) is 19.6 Å². The lowest BCUT2D eigenvalue weighted by Gasteiger charge is -2.24. The average Bonchev–Trinajstić information content (AvgIpc) is 2.86. The Kier molecular flexibility index (Phi) is 3.51. The van der Waals surface area contributed by atoms with E-state index in [0.29, 0.717) is 13.1 Å². The molecule has 2 unspecified atom stereocenters. The lowest BCUT2D eigenvalue weighted by molar-refractivity contribution is 0.339. The molecule has 110 valence electrons. The highest BCUT2D eigenvalue weighted by molar-refractivity contribution is 7.89. The minimum atomic E-state index is -3.97. The molecule has 2 aliphatic heterocycles. The second kappa shape index (κ2) is 5.05. The van der Waals surface area contributed by atoms with Crippen molar-refractivity contribution >= 4 is 10.0 Å². The van der Waals surface area contributed by atoms with E-state index in [1.807, 2.05) is 0 Å². The van der Waals surface area contributed by atoms with Crippen LogP contribution in [0, 0.1) is 17.6 Å². The minimum Gasteiger partial charge on any atom is -0.312 e. The van der Waals surface area contributed by atoms with E-state index >= 15 is 0 Å². The zero-order valence-corrected chi connectivity index (χ0v) is 11.7. The maximum atomic E-state index is 13.7. The van der Waals surface area contributed by atoms with E-state index < -0.39 is 26.6 Å². The largest absolute Gasteiger partial charge is 0.312 e. The van der Waals surface area contributed by atoms with Crippen LogP contribution in [0.15, 0.2) is 23.1 Å². The van der Waals surface area contributed by atoms with E-state index in [0.717, 1.165) is 37.6 Å². The summed E-state index contributed by atoms with van der Waals surface area (Å²) in [6.07, 6.45) is 1.98. The maximum absolute atomic E-state index is 13.7. The van der Waals surface area contributed by atoms with Gasteiger partial charge in [0.2, 0.25) is 10.0 Å². The van der Waals surface area contributed by atoms with Gasteiger partial charge >= 0.3 is 0 Å². The fourth-order valence-corrected chi connectivity index (χ4v) is 4.62.